The largest absolute Gasteiger partial charge is 0.466 e. The lowest BCUT2D eigenvalue weighted by atomic mass is 10.0. The number of carbonyl (C=O) groups excluding carboxylic acids is 1. The zero-order valence-corrected chi connectivity index (χ0v) is 13.4. The van der Waals surface area contributed by atoms with Gasteiger partial charge in [0.2, 0.25) is 0 Å². The number of aliphatic hydroxyl groups is 1. The first-order valence-electron chi connectivity index (χ1n) is 7.36. The lowest BCUT2D eigenvalue weighted by Gasteiger charge is -2.22. The molecule has 0 bridgehead atoms. The Morgan fingerprint density at radius 1 is 1.43 bits per heavy atom. The summed E-state index contributed by atoms with van der Waals surface area (Å²) in [5, 5.41) is 15.5. The number of hydrogen-bond acceptors (Lipinski definition) is 3. The van der Waals surface area contributed by atoms with Gasteiger partial charge in [0.15, 0.2) is 0 Å². The van der Waals surface area contributed by atoms with Gasteiger partial charge in [-0.1, -0.05) is 12.1 Å². The van der Waals surface area contributed by atoms with Gasteiger partial charge in [-0.05, 0) is 50.1 Å². The van der Waals surface area contributed by atoms with Crippen LogP contribution in [0.5, 0.6) is 0 Å². The molecule has 6 heteroatoms. The monoisotopic (exact) mass is 320 g/mol. The summed E-state index contributed by atoms with van der Waals surface area (Å²) in [5.41, 5.74) is -0.0824. The highest BCUT2D eigenvalue weighted by Crippen LogP contribution is 2.20. The molecule has 2 amide bonds. The van der Waals surface area contributed by atoms with Crippen LogP contribution < -0.4 is 10.6 Å². The molecule has 0 unspecified atom stereocenters. The third-order valence-corrected chi connectivity index (χ3v) is 3.69. The number of furan rings is 1. The average molecular weight is 320 g/mol. The van der Waals surface area contributed by atoms with Crippen molar-refractivity contribution in [2.24, 2.45) is 0 Å². The summed E-state index contributed by atoms with van der Waals surface area (Å²) >= 11 is 0. The van der Waals surface area contributed by atoms with Gasteiger partial charge >= 0.3 is 6.03 Å². The summed E-state index contributed by atoms with van der Waals surface area (Å²) in [6, 6.07) is 7.32. The quantitative estimate of drug-likeness (QED) is 0.793. The minimum absolute atomic E-state index is 0.0126. The van der Waals surface area contributed by atoms with Gasteiger partial charge in [0.1, 0.15) is 17.2 Å². The van der Waals surface area contributed by atoms with Gasteiger partial charge in [0, 0.05) is 0 Å². The number of hydrogen-bond donors (Lipinski definition) is 3. The maximum absolute atomic E-state index is 13.6. The molecule has 0 saturated carbocycles. The van der Waals surface area contributed by atoms with E-state index in [0.717, 1.165) is 0 Å². The molecule has 1 aromatic heterocycles. The van der Waals surface area contributed by atoms with Crippen LogP contribution in [0.15, 0.2) is 41.0 Å². The van der Waals surface area contributed by atoms with Crippen LogP contribution in [0, 0.1) is 12.7 Å². The summed E-state index contributed by atoms with van der Waals surface area (Å²) in [6.07, 6.45) is 1.46. The van der Waals surface area contributed by atoms with Crippen LogP contribution in [0.2, 0.25) is 0 Å². The van der Waals surface area contributed by atoms with Crippen LogP contribution in [0.4, 0.5) is 9.18 Å². The van der Waals surface area contributed by atoms with Gasteiger partial charge < -0.3 is 20.2 Å². The molecular weight excluding hydrogens is 299 g/mol. The summed E-state index contributed by atoms with van der Waals surface area (Å²) in [6.45, 7) is 4.97. The van der Waals surface area contributed by atoms with Crippen LogP contribution in [0.25, 0.3) is 0 Å². The van der Waals surface area contributed by atoms with Crippen molar-refractivity contribution in [3.8, 4) is 0 Å². The number of urea groups is 1. The second-order valence-corrected chi connectivity index (χ2v) is 5.81. The van der Waals surface area contributed by atoms with Crippen LogP contribution in [-0.4, -0.2) is 17.7 Å². The zero-order chi connectivity index (χ0) is 17.0. The number of amides is 2. The summed E-state index contributed by atoms with van der Waals surface area (Å²) in [7, 11) is 0. The number of halogens is 1. The molecule has 1 aromatic carbocycles. The molecule has 0 aliphatic heterocycles. The fourth-order valence-corrected chi connectivity index (χ4v) is 2.13. The van der Waals surface area contributed by atoms with Crippen LogP contribution in [-0.2, 0) is 5.60 Å². The molecule has 0 radical (unpaired) electrons. The van der Waals surface area contributed by atoms with Gasteiger partial charge in [0.05, 0.1) is 18.8 Å². The SMILES string of the molecule is Cc1ccc([C@@H](C)NC(=O)NC[C@@](C)(O)c2ccco2)cc1F. The molecule has 124 valence electrons. The van der Waals surface area contributed by atoms with E-state index in [9.17, 15) is 14.3 Å². The fraction of sp³-hybridized carbons (Fsp3) is 0.353. The van der Waals surface area contributed by atoms with Crippen molar-refractivity contribution in [3.63, 3.8) is 0 Å². The molecular formula is C17H21FN2O3. The van der Waals surface area contributed by atoms with Gasteiger partial charge in [-0.2, -0.15) is 0 Å². The van der Waals surface area contributed by atoms with E-state index in [4.69, 9.17) is 4.42 Å². The molecule has 2 aromatic rings. The molecule has 0 spiro atoms. The molecule has 1 heterocycles. The van der Waals surface area contributed by atoms with Gasteiger partial charge in [-0.3, -0.25) is 0 Å². The normalized spacial score (nSPS) is 14.8. The lowest BCUT2D eigenvalue weighted by Crippen LogP contribution is -2.44. The molecule has 3 N–H and O–H groups in total. The van der Waals surface area contributed by atoms with E-state index in [-0.39, 0.29) is 18.4 Å². The van der Waals surface area contributed by atoms with E-state index in [2.05, 4.69) is 10.6 Å². The zero-order valence-electron chi connectivity index (χ0n) is 13.4. The maximum atomic E-state index is 13.6. The number of nitrogens with one attached hydrogen (secondary N) is 2. The van der Waals surface area contributed by atoms with E-state index in [1.54, 1.807) is 45.0 Å². The Bertz CT molecular complexity index is 668. The molecule has 0 saturated heterocycles. The second-order valence-electron chi connectivity index (χ2n) is 5.81. The highest BCUT2D eigenvalue weighted by atomic mass is 19.1. The minimum Gasteiger partial charge on any atom is -0.466 e. The molecule has 5 nitrogen and oxygen atoms in total. The molecule has 0 aliphatic carbocycles. The Morgan fingerprint density at radius 2 is 2.17 bits per heavy atom. The number of rotatable bonds is 5. The van der Waals surface area contributed by atoms with Gasteiger partial charge in [-0.25, -0.2) is 9.18 Å². The average Bonchev–Trinajstić information content (AvgIpc) is 3.03. The summed E-state index contributed by atoms with van der Waals surface area (Å²) in [5.74, 6) is 0.0590. The topological polar surface area (TPSA) is 74.5 Å². The minimum atomic E-state index is -1.31. The standard InChI is InChI=1S/C17H21FN2O3/c1-11-6-7-13(9-14(11)18)12(2)20-16(21)19-10-17(3,22)15-5-4-8-23-15/h4-9,12,22H,10H2,1-3H3,(H2,19,20,21)/t12-,17-/m1/s1. The molecule has 0 fully saturated rings. The smallest absolute Gasteiger partial charge is 0.315 e. The Hall–Kier alpha value is -2.34. The number of aryl methyl sites for hydroxylation is 1. The fourth-order valence-electron chi connectivity index (χ4n) is 2.13. The Balaban J connectivity index is 1.90. The first kappa shape index (κ1) is 17.0. The van der Waals surface area contributed by atoms with Crippen molar-refractivity contribution in [3.05, 3.63) is 59.3 Å². The summed E-state index contributed by atoms with van der Waals surface area (Å²) < 4.78 is 18.7. The van der Waals surface area contributed by atoms with Crippen LogP contribution in [0.1, 0.15) is 36.8 Å². The highest BCUT2D eigenvalue weighted by molar-refractivity contribution is 5.74. The molecule has 23 heavy (non-hydrogen) atoms. The first-order valence-corrected chi connectivity index (χ1v) is 7.36. The predicted octanol–water partition coefficient (Wildman–Crippen LogP) is 3.00. The lowest BCUT2D eigenvalue weighted by molar-refractivity contribution is 0.0366. The van der Waals surface area contributed by atoms with Gasteiger partial charge in [-0.15, -0.1) is 0 Å². The van der Waals surface area contributed by atoms with E-state index in [1.807, 2.05) is 0 Å². The van der Waals surface area contributed by atoms with Crippen molar-refractivity contribution < 1.29 is 18.7 Å². The van der Waals surface area contributed by atoms with E-state index < -0.39 is 11.6 Å². The Morgan fingerprint density at radius 3 is 2.78 bits per heavy atom. The predicted molar refractivity (Wildman–Crippen MR) is 84.4 cm³/mol. The second kappa shape index (κ2) is 6.83. The highest BCUT2D eigenvalue weighted by Gasteiger charge is 2.27. The molecule has 2 atom stereocenters. The summed E-state index contributed by atoms with van der Waals surface area (Å²) in [4.78, 5) is 11.9. The maximum Gasteiger partial charge on any atom is 0.315 e. The third kappa shape index (κ3) is 4.32. The van der Waals surface area contributed by atoms with Crippen molar-refractivity contribution in [1.82, 2.24) is 10.6 Å². The Kier molecular flexibility index (Phi) is 5.05. The van der Waals surface area contributed by atoms with Crippen LogP contribution in [0.3, 0.4) is 0 Å². The van der Waals surface area contributed by atoms with Gasteiger partial charge in [0.25, 0.3) is 0 Å². The number of benzene rings is 1. The van der Waals surface area contributed by atoms with Crippen LogP contribution >= 0.6 is 0 Å². The van der Waals surface area contributed by atoms with Crippen molar-refractivity contribution in [2.45, 2.75) is 32.4 Å². The Labute approximate surface area is 134 Å². The molecule has 0 aliphatic rings. The number of carbonyl (C=O) groups is 1. The van der Waals surface area contributed by atoms with E-state index in [0.29, 0.717) is 16.9 Å². The van der Waals surface area contributed by atoms with Crippen molar-refractivity contribution in [1.29, 1.82) is 0 Å². The van der Waals surface area contributed by atoms with Crippen molar-refractivity contribution >= 4 is 6.03 Å². The first-order chi connectivity index (χ1) is 10.8. The van der Waals surface area contributed by atoms with Crippen molar-refractivity contribution in [2.75, 3.05) is 6.54 Å². The molecule has 2 rings (SSSR count). The van der Waals surface area contributed by atoms with E-state index in [1.165, 1.54) is 12.3 Å². The third-order valence-electron chi connectivity index (χ3n) is 3.69. The van der Waals surface area contributed by atoms with E-state index >= 15 is 0 Å².